The molecule has 0 fully saturated rings. The quantitative estimate of drug-likeness (QED) is 0.690. The molecule has 1 unspecified atom stereocenters. The highest BCUT2D eigenvalue weighted by Gasteiger charge is 2.14. The minimum absolute atomic E-state index is 0.344. The zero-order valence-electron chi connectivity index (χ0n) is 12.5. The molecule has 0 saturated carbocycles. The number of halogens is 1. The molecule has 0 heterocycles. The first kappa shape index (κ1) is 15.1. The average molecular weight is 333 g/mol. The molecule has 0 spiro atoms. The Balaban J connectivity index is 2.21. The van der Waals surface area contributed by atoms with Crippen LogP contribution in [0, 0.1) is 20.8 Å². The molecule has 2 heteroatoms. The second kappa shape index (κ2) is 6.45. The van der Waals surface area contributed by atoms with Crippen LogP contribution in [0.2, 0.25) is 0 Å². The molecule has 1 atom stereocenters. The molecule has 0 aliphatic carbocycles. The smallest absolute Gasteiger partial charge is 0.118 e. The van der Waals surface area contributed by atoms with E-state index < -0.39 is 0 Å². The van der Waals surface area contributed by atoms with Gasteiger partial charge in [0.05, 0.1) is 7.11 Å². The summed E-state index contributed by atoms with van der Waals surface area (Å²) in [7, 11) is 1.70. The molecule has 0 aliphatic rings. The predicted octanol–water partition coefficient (Wildman–Crippen LogP) is 5.30. The summed E-state index contributed by atoms with van der Waals surface area (Å²) in [5.41, 5.74) is 6.77. The van der Waals surface area contributed by atoms with Crippen LogP contribution in [0.5, 0.6) is 5.75 Å². The Kier molecular flexibility index (Phi) is 4.87. The molecule has 0 aliphatic heterocycles. The highest BCUT2D eigenvalue weighted by atomic mass is 79.9. The van der Waals surface area contributed by atoms with Crippen LogP contribution in [0.3, 0.4) is 0 Å². The molecule has 0 saturated heterocycles. The van der Waals surface area contributed by atoms with Gasteiger partial charge in [-0.2, -0.15) is 0 Å². The molecule has 0 aromatic heterocycles. The van der Waals surface area contributed by atoms with Gasteiger partial charge in [-0.15, -0.1) is 0 Å². The summed E-state index contributed by atoms with van der Waals surface area (Å²) < 4.78 is 5.20. The van der Waals surface area contributed by atoms with Crippen molar-refractivity contribution in [3.63, 3.8) is 0 Å². The summed E-state index contributed by atoms with van der Waals surface area (Å²) in [6.07, 6.45) is 0.981. The van der Waals surface area contributed by atoms with E-state index in [1.54, 1.807) is 7.11 Å². The molecule has 0 amide bonds. The number of benzene rings is 2. The third kappa shape index (κ3) is 3.43. The van der Waals surface area contributed by atoms with Gasteiger partial charge in [-0.1, -0.05) is 45.8 Å². The Labute approximate surface area is 130 Å². The van der Waals surface area contributed by atoms with Gasteiger partial charge >= 0.3 is 0 Å². The van der Waals surface area contributed by atoms with Crippen LogP contribution in [0.4, 0.5) is 0 Å². The molecule has 2 rings (SSSR count). The van der Waals surface area contributed by atoms with Crippen molar-refractivity contribution in [3.05, 3.63) is 64.2 Å². The van der Waals surface area contributed by atoms with Crippen LogP contribution in [-0.4, -0.2) is 7.11 Å². The number of aryl methyl sites for hydroxylation is 3. The Morgan fingerprint density at radius 3 is 2.05 bits per heavy atom. The maximum Gasteiger partial charge on any atom is 0.118 e. The Morgan fingerprint density at radius 2 is 1.55 bits per heavy atom. The summed E-state index contributed by atoms with van der Waals surface area (Å²) in [6, 6.07) is 12.8. The lowest BCUT2D eigenvalue weighted by molar-refractivity contribution is 0.414. The van der Waals surface area contributed by atoms with E-state index >= 15 is 0 Å². The fourth-order valence-electron chi connectivity index (χ4n) is 2.76. The second-order valence-corrected chi connectivity index (χ2v) is 6.44. The standard InChI is InChI=1S/C18H21BrO/c1-12-9-13(2)18(14(3)10-12)17(19)11-15-5-7-16(20-4)8-6-15/h5-10,17H,11H2,1-4H3. The van der Waals surface area contributed by atoms with Crippen molar-refractivity contribution in [2.24, 2.45) is 0 Å². The molecule has 106 valence electrons. The summed E-state index contributed by atoms with van der Waals surface area (Å²) in [4.78, 5) is 0.344. The average Bonchev–Trinajstić information content (AvgIpc) is 2.38. The monoisotopic (exact) mass is 332 g/mol. The zero-order valence-corrected chi connectivity index (χ0v) is 14.1. The molecular formula is C18H21BrO. The normalized spacial score (nSPS) is 12.2. The molecule has 2 aromatic rings. The van der Waals surface area contributed by atoms with E-state index in [2.05, 4.69) is 61.0 Å². The predicted molar refractivity (Wildman–Crippen MR) is 89.0 cm³/mol. The van der Waals surface area contributed by atoms with Crippen LogP contribution in [-0.2, 0) is 6.42 Å². The lowest BCUT2D eigenvalue weighted by Gasteiger charge is -2.17. The van der Waals surface area contributed by atoms with Crippen LogP contribution >= 0.6 is 15.9 Å². The summed E-state index contributed by atoms with van der Waals surface area (Å²) >= 11 is 3.85. The second-order valence-electron chi connectivity index (χ2n) is 5.33. The van der Waals surface area contributed by atoms with Gasteiger partial charge < -0.3 is 4.74 Å². The van der Waals surface area contributed by atoms with E-state index in [1.807, 2.05) is 12.1 Å². The first-order valence-electron chi connectivity index (χ1n) is 6.86. The maximum atomic E-state index is 5.20. The maximum absolute atomic E-state index is 5.20. The van der Waals surface area contributed by atoms with Crippen molar-refractivity contribution >= 4 is 15.9 Å². The van der Waals surface area contributed by atoms with Gasteiger partial charge in [0, 0.05) is 4.83 Å². The lowest BCUT2D eigenvalue weighted by Crippen LogP contribution is -2.01. The SMILES string of the molecule is COc1ccc(CC(Br)c2c(C)cc(C)cc2C)cc1. The molecule has 0 bridgehead atoms. The van der Waals surface area contributed by atoms with Crippen molar-refractivity contribution in [3.8, 4) is 5.75 Å². The highest BCUT2D eigenvalue weighted by molar-refractivity contribution is 9.09. The van der Waals surface area contributed by atoms with Crippen LogP contribution < -0.4 is 4.74 Å². The highest BCUT2D eigenvalue weighted by Crippen LogP contribution is 2.33. The molecule has 0 N–H and O–H groups in total. The minimum Gasteiger partial charge on any atom is -0.497 e. The van der Waals surface area contributed by atoms with Gasteiger partial charge in [-0.3, -0.25) is 0 Å². The Hall–Kier alpha value is -1.28. The van der Waals surface area contributed by atoms with Gasteiger partial charge in [0.25, 0.3) is 0 Å². The fourth-order valence-corrected chi connectivity index (χ4v) is 3.85. The van der Waals surface area contributed by atoms with Crippen molar-refractivity contribution in [2.75, 3.05) is 7.11 Å². The van der Waals surface area contributed by atoms with Crippen molar-refractivity contribution in [1.29, 1.82) is 0 Å². The van der Waals surface area contributed by atoms with E-state index in [-0.39, 0.29) is 0 Å². The third-order valence-corrected chi connectivity index (χ3v) is 4.41. The van der Waals surface area contributed by atoms with Crippen LogP contribution in [0.1, 0.15) is 32.6 Å². The number of alkyl halides is 1. The van der Waals surface area contributed by atoms with Gasteiger partial charge in [0.15, 0.2) is 0 Å². The van der Waals surface area contributed by atoms with Gasteiger partial charge in [-0.25, -0.2) is 0 Å². The Bertz CT molecular complexity index is 564. The van der Waals surface area contributed by atoms with E-state index in [4.69, 9.17) is 4.74 Å². The summed E-state index contributed by atoms with van der Waals surface area (Å²) in [5, 5.41) is 0. The number of ether oxygens (including phenoxy) is 1. The van der Waals surface area contributed by atoms with Crippen LogP contribution in [0.25, 0.3) is 0 Å². The first-order chi connectivity index (χ1) is 9.51. The lowest BCUT2D eigenvalue weighted by atomic mass is 9.94. The number of hydrogen-bond acceptors (Lipinski definition) is 1. The Morgan fingerprint density at radius 1 is 1.00 bits per heavy atom. The van der Waals surface area contributed by atoms with Crippen molar-refractivity contribution in [2.45, 2.75) is 32.0 Å². The van der Waals surface area contributed by atoms with Crippen molar-refractivity contribution in [1.82, 2.24) is 0 Å². The zero-order chi connectivity index (χ0) is 14.7. The van der Waals surface area contributed by atoms with Gasteiger partial charge in [-0.05, 0) is 61.6 Å². The molecule has 2 aromatic carbocycles. The number of methoxy groups -OCH3 is 1. The molecule has 1 nitrogen and oxygen atoms in total. The molecule has 0 radical (unpaired) electrons. The van der Waals surface area contributed by atoms with E-state index in [1.165, 1.54) is 27.8 Å². The van der Waals surface area contributed by atoms with Crippen LogP contribution in [0.15, 0.2) is 36.4 Å². The van der Waals surface area contributed by atoms with Crippen molar-refractivity contribution < 1.29 is 4.74 Å². The fraction of sp³-hybridized carbons (Fsp3) is 0.333. The van der Waals surface area contributed by atoms with Gasteiger partial charge in [0.1, 0.15) is 5.75 Å². The summed E-state index contributed by atoms with van der Waals surface area (Å²) in [6.45, 7) is 6.53. The van der Waals surface area contributed by atoms with E-state index in [0.29, 0.717) is 4.83 Å². The number of rotatable bonds is 4. The molecular weight excluding hydrogens is 312 g/mol. The largest absolute Gasteiger partial charge is 0.497 e. The number of hydrogen-bond donors (Lipinski definition) is 0. The van der Waals surface area contributed by atoms with E-state index in [0.717, 1.165) is 12.2 Å². The van der Waals surface area contributed by atoms with E-state index in [9.17, 15) is 0 Å². The minimum atomic E-state index is 0.344. The third-order valence-electron chi connectivity index (χ3n) is 3.63. The molecule has 20 heavy (non-hydrogen) atoms. The first-order valence-corrected chi connectivity index (χ1v) is 7.77. The summed E-state index contributed by atoms with van der Waals surface area (Å²) in [5.74, 6) is 0.905. The van der Waals surface area contributed by atoms with Gasteiger partial charge in [0.2, 0.25) is 0 Å². The topological polar surface area (TPSA) is 9.23 Å².